The van der Waals surface area contributed by atoms with Crippen molar-refractivity contribution < 1.29 is 0 Å². The Morgan fingerprint density at radius 1 is 0.265 bits per heavy atom. The van der Waals surface area contributed by atoms with Crippen molar-refractivity contribution in [2.24, 2.45) is 0 Å². The zero-order valence-corrected chi connectivity index (χ0v) is 46.3. The van der Waals surface area contributed by atoms with Crippen molar-refractivity contribution in [2.75, 3.05) is 4.90 Å². The number of benzene rings is 14. The molecule has 83 heavy (non-hydrogen) atoms. The molecule has 0 fully saturated rings. The molecule has 0 radical (unpaired) electrons. The van der Waals surface area contributed by atoms with E-state index in [4.69, 9.17) is 0 Å². The van der Waals surface area contributed by atoms with Gasteiger partial charge in [-0.1, -0.05) is 244 Å². The first-order chi connectivity index (χ1) is 40.9. The Kier molecular flexibility index (Phi) is 11.3. The van der Waals surface area contributed by atoms with Crippen LogP contribution in [0.15, 0.2) is 303 Å². The third kappa shape index (κ3) is 7.93. The van der Waals surface area contributed by atoms with E-state index in [2.05, 4.69) is 327 Å². The second-order valence-electron chi connectivity index (χ2n) is 22.8. The summed E-state index contributed by atoms with van der Waals surface area (Å²) in [5.41, 5.74) is 24.1. The number of hydrogen-bond donors (Lipinski definition) is 0. The molecule has 2 nitrogen and oxygen atoms in total. The van der Waals surface area contributed by atoms with Crippen LogP contribution in [0.5, 0.6) is 0 Å². The predicted octanol–water partition coefficient (Wildman–Crippen LogP) is 22.4. The molecule has 0 saturated carbocycles. The zero-order valence-electron chi connectivity index (χ0n) is 46.3. The lowest BCUT2D eigenvalue weighted by molar-refractivity contribution is 0.660. The van der Waals surface area contributed by atoms with E-state index in [-0.39, 0.29) is 5.41 Å². The maximum atomic E-state index is 2.43. The monoisotopic (exact) mass is 1060 g/mol. The molecule has 14 aromatic carbocycles. The molecule has 1 heterocycles. The lowest BCUT2D eigenvalue weighted by atomic mass is 9.82. The fourth-order valence-corrected chi connectivity index (χ4v) is 13.8. The van der Waals surface area contributed by atoms with Gasteiger partial charge in [0.15, 0.2) is 0 Å². The lowest BCUT2D eigenvalue weighted by Gasteiger charge is -2.28. The smallest absolute Gasteiger partial charge is 0.0541 e. The molecule has 1 aromatic heterocycles. The van der Waals surface area contributed by atoms with Crippen LogP contribution in [0.25, 0.3) is 127 Å². The second-order valence-corrected chi connectivity index (χ2v) is 22.8. The van der Waals surface area contributed by atoms with E-state index in [1.54, 1.807) is 0 Å². The van der Waals surface area contributed by atoms with Crippen LogP contribution in [-0.4, -0.2) is 4.57 Å². The maximum absolute atomic E-state index is 2.43. The summed E-state index contributed by atoms with van der Waals surface area (Å²) in [6.07, 6.45) is 0. The Hall–Kier alpha value is -10.5. The first kappa shape index (κ1) is 48.4. The van der Waals surface area contributed by atoms with Gasteiger partial charge in [0.1, 0.15) is 0 Å². The summed E-state index contributed by atoms with van der Waals surface area (Å²) >= 11 is 0. The van der Waals surface area contributed by atoms with E-state index in [1.807, 2.05) is 0 Å². The van der Waals surface area contributed by atoms with Crippen LogP contribution in [0.4, 0.5) is 17.1 Å². The summed E-state index contributed by atoms with van der Waals surface area (Å²) in [7, 11) is 0. The molecule has 0 spiro atoms. The van der Waals surface area contributed by atoms with E-state index in [0.29, 0.717) is 0 Å². The molecule has 15 aromatic rings. The van der Waals surface area contributed by atoms with Gasteiger partial charge >= 0.3 is 0 Å². The van der Waals surface area contributed by atoms with Crippen LogP contribution in [0.3, 0.4) is 0 Å². The molecule has 0 bridgehead atoms. The Morgan fingerprint density at radius 3 is 1.46 bits per heavy atom. The summed E-state index contributed by atoms with van der Waals surface area (Å²) < 4.78 is 2.38. The molecule has 0 aliphatic heterocycles. The minimum absolute atomic E-state index is 0.145. The summed E-state index contributed by atoms with van der Waals surface area (Å²) in [6.45, 7) is 4.73. The molecule has 0 saturated heterocycles. The van der Waals surface area contributed by atoms with Crippen molar-refractivity contribution >= 4 is 71.2 Å². The third-order valence-electron chi connectivity index (χ3n) is 17.8. The molecular formula is C81H56N2. The Bertz CT molecular complexity index is 4950. The van der Waals surface area contributed by atoms with E-state index in [0.717, 1.165) is 28.3 Å². The molecule has 0 atom stereocenters. The number of anilines is 3. The van der Waals surface area contributed by atoms with Gasteiger partial charge in [0.2, 0.25) is 0 Å². The highest BCUT2D eigenvalue weighted by Gasteiger charge is 2.36. The summed E-state index contributed by atoms with van der Waals surface area (Å²) in [5.74, 6) is 0. The quantitative estimate of drug-likeness (QED) is 0.140. The maximum Gasteiger partial charge on any atom is 0.0541 e. The van der Waals surface area contributed by atoms with Gasteiger partial charge in [0.05, 0.1) is 11.0 Å². The van der Waals surface area contributed by atoms with Gasteiger partial charge in [-0.05, 0) is 183 Å². The first-order valence-corrected chi connectivity index (χ1v) is 28.9. The fraction of sp³-hybridized carbons (Fsp3) is 0.0370. The minimum Gasteiger partial charge on any atom is -0.310 e. The highest BCUT2D eigenvalue weighted by Crippen LogP contribution is 2.51. The predicted molar refractivity (Wildman–Crippen MR) is 353 cm³/mol. The highest BCUT2D eigenvalue weighted by molar-refractivity contribution is 6.17. The molecule has 0 unspecified atom stereocenters. The summed E-state index contributed by atoms with van der Waals surface area (Å²) in [4.78, 5) is 2.43. The van der Waals surface area contributed by atoms with Crippen molar-refractivity contribution in [3.8, 4) is 72.4 Å². The molecule has 1 aliphatic carbocycles. The van der Waals surface area contributed by atoms with Crippen molar-refractivity contribution in [3.63, 3.8) is 0 Å². The van der Waals surface area contributed by atoms with Gasteiger partial charge in [-0.25, -0.2) is 0 Å². The van der Waals surface area contributed by atoms with Crippen LogP contribution >= 0.6 is 0 Å². The first-order valence-electron chi connectivity index (χ1n) is 28.9. The number of fused-ring (bicyclic) bond motifs is 9. The van der Waals surface area contributed by atoms with E-state index in [9.17, 15) is 0 Å². The van der Waals surface area contributed by atoms with E-state index in [1.165, 1.54) is 126 Å². The standard InChI is InChI=1S/C81H56N2/c1-81(2)76-34-12-10-28-69(76)70-46-45-63(52-77(70)81)82(62-43-38-54(39-44-62)58-40-49-79-75(51-58)71-29-11-13-35-78(71)83(79)60-24-4-3-5-25-60)61-41-36-53(37-42-61)57-22-14-23-59(50-57)66-47-48-74(68-31-16-21-56-19-7-9-27-65(56)68)80-72(66)32-17-33-73(80)67-30-15-20-55-18-6-8-26-64(55)67/h3-52H,1-2H3. The Labute approximate surface area is 484 Å². The lowest BCUT2D eigenvalue weighted by Crippen LogP contribution is -2.16. The van der Waals surface area contributed by atoms with Crippen molar-refractivity contribution in [1.29, 1.82) is 0 Å². The summed E-state index contributed by atoms with van der Waals surface area (Å²) in [6, 6.07) is 112. The SMILES string of the molecule is CC1(C)c2ccccc2-c2ccc(N(c3ccc(-c4cccc(-c5ccc(-c6cccc7ccccc67)c6c(-c7cccc8ccccc78)cccc56)c4)cc3)c3ccc(-c4ccc5c(c4)c4ccccc4n5-c4ccccc4)cc3)cc21. The number of para-hydroxylation sites is 2. The van der Waals surface area contributed by atoms with E-state index < -0.39 is 0 Å². The molecule has 0 N–H and O–H groups in total. The third-order valence-corrected chi connectivity index (χ3v) is 17.8. The zero-order chi connectivity index (χ0) is 55.2. The molecule has 2 heteroatoms. The van der Waals surface area contributed by atoms with Crippen molar-refractivity contribution in [2.45, 2.75) is 19.3 Å². The molecule has 390 valence electrons. The summed E-state index contributed by atoms with van der Waals surface area (Å²) in [5, 5.41) is 9.96. The van der Waals surface area contributed by atoms with Crippen LogP contribution in [0, 0.1) is 0 Å². The van der Waals surface area contributed by atoms with Crippen LogP contribution < -0.4 is 4.90 Å². The van der Waals surface area contributed by atoms with Gasteiger partial charge < -0.3 is 9.47 Å². The number of rotatable bonds is 9. The van der Waals surface area contributed by atoms with Crippen LogP contribution in [-0.2, 0) is 5.41 Å². The molecular weight excluding hydrogens is 1000 g/mol. The van der Waals surface area contributed by atoms with Gasteiger partial charge in [0.25, 0.3) is 0 Å². The van der Waals surface area contributed by atoms with Gasteiger partial charge in [-0.3, -0.25) is 0 Å². The van der Waals surface area contributed by atoms with E-state index >= 15 is 0 Å². The number of nitrogens with zero attached hydrogens (tertiary/aromatic N) is 2. The largest absolute Gasteiger partial charge is 0.310 e. The Balaban J connectivity index is 0.792. The number of aromatic nitrogens is 1. The minimum atomic E-state index is -0.145. The van der Waals surface area contributed by atoms with Crippen LogP contribution in [0.1, 0.15) is 25.0 Å². The average molecular weight is 1060 g/mol. The normalized spacial score (nSPS) is 12.6. The Morgan fingerprint density at radius 2 is 0.735 bits per heavy atom. The molecule has 1 aliphatic rings. The van der Waals surface area contributed by atoms with Crippen LogP contribution in [0.2, 0.25) is 0 Å². The second kappa shape index (κ2) is 19.3. The van der Waals surface area contributed by atoms with Crippen molar-refractivity contribution in [3.05, 3.63) is 314 Å². The average Bonchev–Trinajstić information content (AvgIpc) is 2.53. The van der Waals surface area contributed by atoms with Gasteiger partial charge in [0, 0.05) is 38.9 Å². The fourth-order valence-electron chi connectivity index (χ4n) is 13.8. The highest BCUT2D eigenvalue weighted by atomic mass is 15.1. The van der Waals surface area contributed by atoms with Crippen molar-refractivity contribution in [1.82, 2.24) is 4.57 Å². The molecule has 16 rings (SSSR count). The topological polar surface area (TPSA) is 8.17 Å². The van der Waals surface area contributed by atoms with Gasteiger partial charge in [-0.2, -0.15) is 0 Å². The van der Waals surface area contributed by atoms with Gasteiger partial charge in [-0.15, -0.1) is 0 Å². The molecule has 0 amide bonds. The number of hydrogen-bond acceptors (Lipinski definition) is 1.